The monoisotopic (exact) mass is 330 g/mol. The summed E-state index contributed by atoms with van der Waals surface area (Å²) in [5.41, 5.74) is 2.72. The highest BCUT2D eigenvalue weighted by molar-refractivity contribution is 5.86. The van der Waals surface area contributed by atoms with Crippen molar-refractivity contribution < 1.29 is 14.3 Å². The Morgan fingerprint density at radius 3 is 3.04 bits per heavy atom. The molecule has 2 amide bonds. The van der Waals surface area contributed by atoms with E-state index in [2.05, 4.69) is 34.9 Å². The minimum atomic E-state index is -0.176. The Morgan fingerprint density at radius 2 is 2.17 bits per heavy atom. The van der Waals surface area contributed by atoms with Crippen LogP contribution in [0, 0.1) is 5.92 Å². The molecule has 1 aliphatic heterocycles. The van der Waals surface area contributed by atoms with Gasteiger partial charge >= 0.3 is 0 Å². The number of carbonyl (C=O) groups excluding carboxylic acids is 2. The molecule has 0 aromatic heterocycles. The molecule has 1 aromatic rings. The summed E-state index contributed by atoms with van der Waals surface area (Å²) >= 11 is 0. The Labute approximate surface area is 143 Å². The predicted octanol–water partition coefficient (Wildman–Crippen LogP) is 2.11. The number of hydrogen-bond donors (Lipinski definition) is 2. The van der Waals surface area contributed by atoms with Gasteiger partial charge in [0.05, 0.1) is 6.10 Å². The molecule has 5 heteroatoms. The lowest BCUT2D eigenvalue weighted by Gasteiger charge is -2.25. The van der Waals surface area contributed by atoms with Gasteiger partial charge in [0.15, 0.2) is 0 Å². The largest absolute Gasteiger partial charge is 0.373 e. The Bertz CT molecular complexity index is 588. The zero-order chi connectivity index (χ0) is 16.8. The molecule has 2 atom stereocenters. The summed E-state index contributed by atoms with van der Waals surface area (Å²) < 4.78 is 6.04. The Kier molecular flexibility index (Phi) is 5.86. The summed E-state index contributed by atoms with van der Waals surface area (Å²) in [5.74, 6) is -0.210. The first kappa shape index (κ1) is 17.0. The fourth-order valence-electron chi connectivity index (χ4n) is 3.54. The number of ether oxygens (including phenoxy) is 1. The Hall–Kier alpha value is -1.88. The average molecular weight is 330 g/mol. The number of aryl methyl sites for hydroxylation is 1. The van der Waals surface area contributed by atoms with Crippen molar-refractivity contribution >= 4 is 11.8 Å². The molecule has 0 spiro atoms. The number of benzene rings is 1. The van der Waals surface area contributed by atoms with E-state index in [1.807, 2.05) is 0 Å². The maximum Gasteiger partial charge on any atom is 0.223 e. The van der Waals surface area contributed by atoms with Crippen molar-refractivity contribution in [1.29, 1.82) is 0 Å². The minimum Gasteiger partial charge on any atom is -0.373 e. The number of rotatable bonds is 6. The van der Waals surface area contributed by atoms with Gasteiger partial charge in [0, 0.05) is 32.0 Å². The first-order valence-electron chi connectivity index (χ1n) is 8.98. The molecule has 1 aromatic carbocycles. The molecule has 2 unspecified atom stereocenters. The number of carbonyl (C=O) groups is 2. The van der Waals surface area contributed by atoms with Crippen molar-refractivity contribution in [3.05, 3.63) is 35.4 Å². The number of piperidine rings is 1. The maximum absolute atomic E-state index is 12.0. The summed E-state index contributed by atoms with van der Waals surface area (Å²) in [5, 5.41) is 5.68. The van der Waals surface area contributed by atoms with Crippen LogP contribution < -0.4 is 10.6 Å². The van der Waals surface area contributed by atoms with Gasteiger partial charge in [-0.3, -0.25) is 9.59 Å². The molecule has 24 heavy (non-hydrogen) atoms. The first-order valence-corrected chi connectivity index (χ1v) is 8.98. The van der Waals surface area contributed by atoms with Crippen LogP contribution in [0.15, 0.2) is 24.3 Å². The van der Waals surface area contributed by atoms with E-state index in [9.17, 15) is 9.59 Å². The lowest BCUT2D eigenvalue weighted by molar-refractivity contribution is -0.132. The van der Waals surface area contributed by atoms with Crippen molar-refractivity contribution in [3.63, 3.8) is 0 Å². The lowest BCUT2D eigenvalue weighted by atomic mass is 9.89. The van der Waals surface area contributed by atoms with E-state index in [-0.39, 0.29) is 23.8 Å². The summed E-state index contributed by atoms with van der Waals surface area (Å²) in [4.78, 5) is 23.4. The topological polar surface area (TPSA) is 67.4 Å². The van der Waals surface area contributed by atoms with E-state index in [4.69, 9.17) is 4.74 Å². The molecule has 130 valence electrons. The van der Waals surface area contributed by atoms with Gasteiger partial charge in [0.25, 0.3) is 0 Å². The van der Waals surface area contributed by atoms with Gasteiger partial charge < -0.3 is 15.4 Å². The van der Waals surface area contributed by atoms with Gasteiger partial charge in [0.2, 0.25) is 11.8 Å². The Morgan fingerprint density at radius 1 is 1.29 bits per heavy atom. The highest BCUT2D eigenvalue weighted by Crippen LogP contribution is 2.32. The zero-order valence-electron chi connectivity index (χ0n) is 14.1. The van der Waals surface area contributed by atoms with Crippen LogP contribution in [-0.4, -0.2) is 31.5 Å². The highest BCUT2D eigenvalue weighted by atomic mass is 16.5. The molecule has 3 rings (SSSR count). The number of amides is 2. The van der Waals surface area contributed by atoms with Crippen LogP contribution >= 0.6 is 0 Å². The second kappa shape index (κ2) is 8.29. The van der Waals surface area contributed by atoms with Gasteiger partial charge in [-0.15, -0.1) is 0 Å². The van der Waals surface area contributed by atoms with E-state index in [1.165, 1.54) is 17.5 Å². The third kappa shape index (κ3) is 4.35. The number of nitrogens with one attached hydrogen (secondary N) is 2. The molecule has 1 heterocycles. The van der Waals surface area contributed by atoms with Crippen molar-refractivity contribution in [2.75, 3.05) is 19.7 Å². The number of hydrogen-bond acceptors (Lipinski definition) is 3. The normalized spacial score (nSPS) is 23.2. The molecule has 1 aliphatic carbocycles. The van der Waals surface area contributed by atoms with Crippen LogP contribution in [0.1, 0.15) is 49.3 Å². The van der Waals surface area contributed by atoms with Crippen LogP contribution in [-0.2, 0) is 20.7 Å². The molecular formula is C19H26N2O3. The summed E-state index contributed by atoms with van der Waals surface area (Å²) in [6.45, 7) is 1.84. The van der Waals surface area contributed by atoms with Crippen LogP contribution in [0.3, 0.4) is 0 Å². The van der Waals surface area contributed by atoms with Crippen molar-refractivity contribution in [2.45, 2.75) is 44.6 Å². The molecule has 2 aliphatic rings. The van der Waals surface area contributed by atoms with Crippen LogP contribution in [0.25, 0.3) is 0 Å². The standard InChI is InChI=1S/C19H26N2O3/c22-18-13-15(9-11-20-18)19(23)21-10-4-12-24-17-8-3-6-14-5-1-2-7-16(14)17/h1-2,5,7,15,17H,3-4,6,8-13H2,(H,20,22)(H,21,23). The summed E-state index contributed by atoms with van der Waals surface area (Å²) in [6, 6.07) is 8.50. The van der Waals surface area contributed by atoms with Crippen molar-refractivity contribution in [2.24, 2.45) is 5.92 Å². The summed E-state index contributed by atoms with van der Waals surface area (Å²) in [6.07, 6.45) is 5.40. The maximum atomic E-state index is 12.0. The smallest absolute Gasteiger partial charge is 0.223 e. The second-order valence-electron chi connectivity index (χ2n) is 6.63. The Balaban J connectivity index is 1.36. The molecule has 1 fully saturated rings. The third-order valence-corrected chi connectivity index (χ3v) is 4.87. The SMILES string of the molecule is O=C1CC(C(=O)NCCCOC2CCCc3ccccc32)CCN1. The minimum absolute atomic E-state index is 0.00661. The van der Waals surface area contributed by atoms with Gasteiger partial charge in [-0.2, -0.15) is 0 Å². The van der Waals surface area contributed by atoms with E-state index < -0.39 is 0 Å². The van der Waals surface area contributed by atoms with Crippen molar-refractivity contribution in [3.8, 4) is 0 Å². The first-order chi connectivity index (χ1) is 11.7. The van der Waals surface area contributed by atoms with Crippen LogP contribution in [0.2, 0.25) is 0 Å². The molecular weight excluding hydrogens is 304 g/mol. The van der Waals surface area contributed by atoms with Gasteiger partial charge in [0.1, 0.15) is 0 Å². The fraction of sp³-hybridized carbons (Fsp3) is 0.579. The molecule has 1 saturated heterocycles. The molecule has 5 nitrogen and oxygen atoms in total. The van der Waals surface area contributed by atoms with Crippen LogP contribution in [0.5, 0.6) is 0 Å². The molecule has 0 radical (unpaired) electrons. The number of fused-ring (bicyclic) bond motifs is 1. The van der Waals surface area contributed by atoms with Crippen molar-refractivity contribution in [1.82, 2.24) is 10.6 Å². The predicted molar refractivity (Wildman–Crippen MR) is 91.4 cm³/mol. The average Bonchev–Trinajstić information content (AvgIpc) is 2.61. The van der Waals surface area contributed by atoms with E-state index in [0.717, 1.165) is 25.7 Å². The van der Waals surface area contributed by atoms with Crippen LogP contribution in [0.4, 0.5) is 0 Å². The fourth-order valence-corrected chi connectivity index (χ4v) is 3.54. The van der Waals surface area contributed by atoms with Gasteiger partial charge in [-0.05, 0) is 43.2 Å². The third-order valence-electron chi connectivity index (χ3n) is 4.87. The van der Waals surface area contributed by atoms with E-state index in [0.29, 0.717) is 26.1 Å². The second-order valence-corrected chi connectivity index (χ2v) is 6.63. The summed E-state index contributed by atoms with van der Waals surface area (Å²) in [7, 11) is 0. The highest BCUT2D eigenvalue weighted by Gasteiger charge is 2.25. The van der Waals surface area contributed by atoms with Gasteiger partial charge in [-0.1, -0.05) is 24.3 Å². The van der Waals surface area contributed by atoms with Gasteiger partial charge in [-0.25, -0.2) is 0 Å². The molecule has 0 saturated carbocycles. The molecule has 0 bridgehead atoms. The van der Waals surface area contributed by atoms with E-state index >= 15 is 0 Å². The zero-order valence-corrected chi connectivity index (χ0v) is 14.1. The van der Waals surface area contributed by atoms with E-state index in [1.54, 1.807) is 0 Å². The quantitative estimate of drug-likeness (QED) is 0.785. The molecule has 2 N–H and O–H groups in total. The lowest BCUT2D eigenvalue weighted by Crippen LogP contribution is -2.41.